The highest BCUT2D eigenvalue weighted by Crippen LogP contribution is 2.27. The largest absolute Gasteiger partial charge is 0.497 e. The van der Waals surface area contributed by atoms with Gasteiger partial charge in [0, 0.05) is 12.2 Å². The Morgan fingerprint density at radius 2 is 1.87 bits per heavy atom. The van der Waals surface area contributed by atoms with Gasteiger partial charge in [0.2, 0.25) is 0 Å². The molecule has 8 nitrogen and oxygen atoms in total. The molecule has 0 aliphatic rings. The summed E-state index contributed by atoms with van der Waals surface area (Å²) >= 11 is 0. The van der Waals surface area contributed by atoms with Gasteiger partial charge in [0.25, 0.3) is 0 Å². The number of nitrogens with zero attached hydrogens (tertiary/aromatic N) is 6. The highest BCUT2D eigenvalue weighted by atomic mass is 16.6. The van der Waals surface area contributed by atoms with Crippen molar-refractivity contribution in [3.63, 3.8) is 0 Å². The Hall–Kier alpha value is -3.42. The van der Waals surface area contributed by atoms with E-state index in [-0.39, 0.29) is 6.61 Å². The molecule has 0 atom stereocenters. The highest BCUT2D eigenvalue weighted by Gasteiger charge is 2.18. The quantitative estimate of drug-likeness (QED) is 0.329. The number of fused-ring (bicyclic) bond motifs is 3. The average Bonchev–Trinajstić information content (AvgIpc) is 3.27. The molecule has 8 heteroatoms. The van der Waals surface area contributed by atoms with Crippen LogP contribution in [0.3, 0.4) is 0 Å². The molecule has 31 heavy (non-hydrogen) atoms. The Morgan fingerprint density at radius 3 is 2.55 bits per heavy atom. The fourth-order valence-electron chi connectivity index (χ4n) is 3.70. The Labute approximate surface area is 181 Å². The third kappa shape index (κ3) is 3.97. The monoisotopic (exact) mass is 420 g/mol. The Kier molecular flexibility index (Phi) is 5.63. The molecule has 0 N–H and O–H groups in total. The van der Waals surface area contributed by atoms with Gasteiger partial charge < -0.3 is 14.1 Å². The molecule has 0 unspecified atom stereocenters. The average molecular weight is 421 g/mol. The van der Waals surface area contributed by atoms with Crippen molar-refractivity contribution >= 4 is 22.4 Å². The zero-order valence-corrected chi connectivity index (χ0v) is 18.9. The number of ether oxygens (including phenoxy) is 1. The molecule has 4 aromatic rings. The third-order valence-electron chi connectivity index (χ3n) is 5.44. The zero-order chi connectivity index (χ0) is 22.1. The first-order valence-electron chi connectivity index (χ1n) is 10.4. The lowest BCUT2D eigenvalue weighted by Gasteiger charge is -2.10. The molecule has 0 amide bonds. The molecule has 3 heterocycles. The van der Waals surface area contributed by atoms with Crippen LogP contribution < -0.4 is 4.74 Å². The van der Waals surface area contributed by atoms with E-state index >= 15 is 0 Å². The first kappa shape index (κ1) is 20.8. The summed E-state index contributed by atoms with van der Waals surface area (Å²) in [5.41, 5.74) is 5.87. The summed E-state index contributed by atoms with van der Waals surface area (Å²) in [4.78, 5) is 14.9. The van der Waals surface area contributed by atoms with Crippen LogP contribution in [-0.4, -0.2) is 37.0 Å². The number of aromatic nitrogens is 5. The van der Waals surface area contributed by atoms with Crippen LogP contribution in [0.1, 0.15) is 43.4 Å². The minimum absolute atomic E-state index is 0.182. The second-order valence-electron chi connectivity index (χ2n) is 8.13. The van der Waals surface area contributed by atoms with Crippen LogP contribution in [0, 0.1) is 19.8 Å². The summed E-state index contributed by atoms with van der Waals surface area (Å²) in [7, 11) is 1.65. The standard InChI is InChI=1S/C23H28N6O2/c1-14(2)11-28-17(5)15(3)21-22(28)24-13-29-23(21)25-20(26-29)12-31-27-16(4)18-7-9-19(30-6)10-8-18/h7-10,13-14H,11-12H2,1-6H3/b27-16-. The van der Waals surface area contributed by atoms with Crippen molar-refractivity contribution in [2.45, 2.75) is 47.8 Å². The smallest absolute Gasteiger partial charge is 0.192 e. The van der Waals surface area contributed by atoms with Gasteiger partial charge in [0.05, 0.1) is 18.2 Å². The second-order valence-corrected chi connectivity index (χ2v) is 8.13. The molecule has 4 rings (SSSR count). The zero-order valence-electron chi connectivity index (χ0n) is 18.9. The van der Waals surface area contributed by atoms with E-state index in [0.717, 1.165) is 40.2 Å². The number of hydrogen-bond donors (Lipinski definition) is 0. The van der Waals surface area contributed by atoms with Gasteiger partial charge in [-0.05, 0) is 62.1 Å². The van der Waals surface area contributed by atoms with E-state index in [1.807, 2.05) is 31.2 Å². The second kappa shape index (κ2) is 8.37. The molecule has 0 radical (unpaired) electrons. The van der Waals surface area contributed by atoms with Gasteiger partial charge >= 0.3 is 0 Å². The van der Waals surface area contributed by atoms with Gasteiger partial charge in [0.15, 0.2) is 18.1 Å². The summed E-state index contributed by atoms with van der Waals surface area (Å²) in [5.74, 6) is 1.90. The molecule has 3 aromatic heterocycles. The molecule has 0 aliphatic heterocycles. The van der Waals surface area contributed by atoms with Crippen LogP contribution in [0.15, 0.2) is 35.7 Å². The fraction of sp³-hybridized carbons (Fsp3) is 0.391. The van der Waals surface area contributed by atoms with Gasteiger partial charge in [-0.1, -0.05) is 19.0 Å². The minimum Gasteiger partial charge on any atom is -0.497 e. The molecule has 0 saturated carbocycles. The summed E-state index contributed by atoms with van der Waals surface area (Å²) in [6.45, 7) is 11.7. The molecule has 162 valence electrons. The maximum atomic E-state index is 5.54. The van der Waals surface area contributed by atoms with Gasteiger partial charge in [-0.3, -0.25) is 0 Å². The van der Waals surface area contributed by atoms with Crippen LogP contribution in [-0.2, 0) is 18.0 Å². The molecule has 0 fully saturated rings. The lowest BCUT2D eigenvalue weighted by atomic mass is 10.1. The predicted octanol–water partition coefficient (Wildman–Crippen LogP) is 4.30. The Balaban J connectivity index is 1.58. The summed E-state index contributed by atoms with van der Waals surface area (Å²) in [5, 5.41) is 9.77. The first-order valence-corrected chi connectivity index (χ1v) is 10.4. The van der Waals surface area contributed by atoms with Crippen LogP contribution in [0.4, 0.5) is 0 Å². The number of rotatable bonds is 7. The van der Waals surface area contributed by atoms with E-state index < -0.39 is 0 Å². The molecule has 1 aromatic carbocycles. The molecular formula is C23H28N6O2. The van der Waals surface area contributed by atoms with Crippen molar-refractivity contribution in [2.75, 3.05) is 7.11 Å². The van der Waals surface area contributed by atoms with Crippen molar-refractivity contribution in [1.82, 2.24) is 24.1 Å². The van der Waals surface area contributed by atoms with Gasteiger partial charge in [0.1, 0.15) is 17.7 Å². The fourth-order valence-corrected chi connectivity index (χ4v) is 3.70. The lowest BCUT2D eigenvalue weighted by molar-refractivity contribution is 0.125. The highest BCUT2D eigenvalue weighted by molar-refractivity contribution is 5.98. The topological polar surface area (TPSA) is 78.8 Å². The maximum Gasteiger partial charge on any atom is 0.192 e. The lowest BCUT2D eigenvalue weighted by Crippen LogP contribution is -2.07. The van der Waals surface area contributed by atoms with E-state index in [1.54, 1.807) is 18.0 Å². The van der Waals surface area contributed by atoms with E-state index in [1.165, 1.54) is 11.3 Å². The van der Waals surface area contributed by atoms with E-state index in [9.17, 15) is 0 Å². The van der Waals surface area contributed by atoms with E-state index in [0.29, 0.717) is 11.7 Å². The first-order chi connectivity index (χ1) is 14.9. The van der Waals surface area contributed by atoms with Crippen molar-refractivity contribution in [2.24, 2.45) is 11.1 Å². The number of methoxy groups -OCH3 is 1. The molecule has 0 spiro atoms. The van der Waals surface area contributed by atoms with Crippen LogP contribution in [0.25, 0.3) is 16.7 Å². The van der Waals surface area contributed by atoms with E-state index in [2.05, 4.69) is 47.5 Å². The molecule has 0 saturated heterocycles. The number of aryl methyl sites for hydroxylation is 1. The molecule has 0 aliphatic carbocycles. The van der Waals surface area contributed by atoms with Gasteiger partial charge in [-0.2, -0.15) is 0 Å². The number of oxime groups is 1. The van der Waals surface area contributed by atoms with Gasteiger partial charge in [-0.25, -0.2) is 14.5 Å². The predicted molar refractivity (Wildman–Crippen MR) is 121 cm³/mol. The summed E-state index contributed by atoms with van der Waals surface area (Å²) < 4.78 is 9.17. The molecule has 0 bridgehead atoms. The van der Waals surface area contributed by atoms with Crippen LogP contribution in [0.2, 0.25) is 0 Å². The van der Waals surface area contributed by atoms with Crippen LogP contribution >= 0.6 is 0 Å². The van der Waals surface area contributed by atoms with Crippen molar-refractivity contribution in [1.29, 1.82) is 0 Å². The Morgan fingerprint density at radius 1 is 1.13 bits per heavy atom. The van der Waals surface area contributed by atoms with Gasteiger partial charge in [-0.15, -0.1) is 5.10 Å². The van der Waals surface area contributed by atoms with Crippen LogP contribution in [0.5, 0.6) is 5.75 Å². The van der Waals surface area contributed by atoms with Crippen molar-refractivity contribution in [3.05, 3.63) is 53.2 Å². The number of benzene rings is 1. The maximum absolute atomic E-state index is 5.54. The normalized spacial score (nSPS) is 12.3. The van der Waals surface area contributed by atoms with E-state index in [4.69, 9.17) is 14.6 Å². The summed E-state index contributed by atoms with van der Waals surface area (Å²) in [6, 6.07) is 7.68. The van der Waals surface area contributed by atoms with Crippen molar-refractivity contribution < 1.29 is 9.57 Å². The Bertz CT molecular complexity index is 1250. The minimum atomic E-state index is 0.182. The summed E-state index contributed by atoms with van der Waals surface area (Å²) in [6.07, 6.45) is 1.72. The SMILES string of the molecule is COc1ccc(/C(C)=N\OCc2nc3c4c(C)c(C)n(CC(C)C)c4ncn3n2)cc1. The third-order valence-corrected chi connectivity index (χ3v) is 5.44. The molecular weight excluding hydrogens is 392 g/mol. The number of hydrogen-bond acceptors (Lipinski definition) is 6. The van der Waals surface area contributed by atoms with Crippen molar-refractivity contribution in [3.8, 4) is 5.75 Å².